The maximum atomic E-state index is 11.6. The standard InChI is InChI=1S/C20H19N3O4/c1-20(2,3)14-8-4-13(5-9-14)18-21-16(17(22-18)19(24)25)12-6-10-15(11-7-12)23(26)27/h4-11H,1-3H3,(H,21,22)(H,24,25). The van der Waals surface area contributed by atoms with Crippen molar-refractivity contribution < 1.29 is 14.8 Å². The fourth-order valence-electron chi connectivity index (χ4n) is 2.74. The highest BCUT2D eigenvalue weighted by atomic mass is 16.6. The molecule has 3 rings (SSSR count). The van der Waals surface area contributed by atoms with Crippen molar-refractivity contribution in [1.82, 2.24) is 9.97 Å². The Bertz CT molecular complexity index is 997. The molecule has 2 aromatic carbocycles. The topological polar surface area (TPSA) is 109 Å². The van der Waals surface area contributed by atoms with E-state index in [9.17, 15) is 20.0 Å². The minimum atomic E-state index is -1.14. The van der Waals surface area contributed by atoms with Crippen LogP contribution in [-0.4, -0.2) is 26.0 Å². The van der Waals surface area contributed by atoms with E-state index in [1.807, 2.05) is 24.3 Å². The van der Waals surface area contributed by atoms with Crippen LogP contribution in [0.1, 0.15) is 36.8 Å². The monoisotopic (exact) mass is 365 g/mol. The van der Waals surface area contributed by atoms with Crippen molar-refractivity contribution in [2.24, 2.45) is 0 Å². The van der Waals surface area contributed by atoms with Gasteiger partial charge >= 0.3 is 5.97 Å². The summed E-state index contributed by atoms with van der Waals surface area (Å²) in [7, 11) is 0. The van der Waals surface area contributed by atoms with Crippen molar-refractivity contribution in [2.75, 3.05) is 0 Å². The summed E-state index contributed by atoms with van der Waals surface area (Å²) >= 11 is 0. The number of rotatable bonds is 4. The largest absolute Gasteiger partial charge is 0.477 e. The molecule has 27 heavy (non-hydrogen) atoms. The highest BCUT2D eigenvalue weighted by Gasteiger charge is 2.20. The molecule has 0 unspecified atom stereocenters. The lowest BCUT2D eigenvalue weighted by atomic mass is 9.87. The average molecular weight is 365 g/mol. The molecule has 1 heterocycles. The van der Waals surface area contributed by atoms with Crippen molar-refractivity contribution in [3.05, 3.63) is 69.9 Å². The van der Waals surface area contributed by atoms with Crippen molar-refractivity contribution in [1.29, 1.82) is 0 Å². The summed E-state index contributed by atoms with van der Waals surface area (Å²) in [5.41, 5.74) is 2.55. The van der Waals surface area contributed by atoms with E-state index >= 15 is 0 Å². The molecule has 3 aromatic rings. The molecule has 0 aliphatic rings. The van der Waals surface area contributed by atoms with Crippen molar-refractivity contribution in [3.8, 4) is 22.6 Å². The van der Waals surface area contributed by atoms with Crippen LogP contribution in [0.2, 0.25) is 0 Å². The Balaban J connectivity index is 2.03. The van der Waals surface area contributed by atoms with Crippen LogP contribution in [0.25, 0.3) is 22.6 Å². The average Bonchev–Trinajstić information content (AvgIpc) is 3.07. The smallest absolute Gasteiger partial charge is 0.354 e. The van der Waals surface area contributed by atoms with Crippen LogP contribution in [0, 0.1) is 10.1 Å². The number of imidazole rings is 1. The zero-order valence-electron chi connectivity index (χ0n) is 15.2. The second-order valence-electron chi connectivity index (χ2n) is 7.25. The molecule has 0 bridgehead atoms. The lowest BCUT2D eigenvalue weighted by Crippen LogP contribution is -2.10. The molecule has 0 saturated carbocycles. The first kappa shape index (κ1) is 18.3. The van der Waals surface area contributed by atoms with Gasteiger partial charge in [-0.25, -0.2) is 9.78 Å². The van der Waals surface area contributed by atoms with Gasteiger partial charge in [0.1, 0.15) is 11.5 Å². The van der Waals surface area contributed by atoms with Gasteiger partial charge < -0.3 is 10.1 Å². The lowest BCUT2D eigenvalue weighted by Gasteiger charge is -2.18. The number of nitrogens with zero attached hydrogens (tertiary/aromatic N) is 2. The van der Waals surface area contributed by atoms with E-state index in [2.05, 4.69) is 30.7 Å². The summed E-state index contributed by atoms with van der Waals surface area (Å²) in [6.45, 7) is 6.35. The molecule has 0 atom stereocenters. The molecule has 2 N–H and O–H groups in total. The van der Waals surface area contributed by atoms with E-state index in [0.29, 0.717) is 11.4 Å². The van der Waals surface area contributed by atoms with E-state index in [1.165, 1.54) is 24.3 Å². The summed E-state index contributed by atoms with van der Waals surface area (Å²) < 4.78 is 0. The predicted octanol–water partition coefficient (Wildman–Crippen LogP) is 4.65. The van der Waals surface area contributed by atoms with E-state index < -0.39 is 10.9 Å². The number of nitro benzene ring substituents is 1. The minimum absolute atomic E-state index is 0.0117. The Labute approximate surface area is 155 Å². The fourth-order valence-corrected chi connectivity index (χ4v) is 2.74. The first-order valence-corrected chi connectivity index (χ1v) is 8.36. The van der Waals surface area contributed by atoms with Crippen LogP contribution < -0.4 is 0 Å². The van der Waals surface area contributed by atoms with Crippen molar-refractivity contribution in [2.45, 2.75) is 26.2 Å². The van der Waals surface area contributed by atoms with Gasteiger partial charge in [-0.2, -0.15) is 0 Å². The van der Waals surface area contributed by atoms with E-state index in [1.54, 1.807) is 0 Å². The number of carbonyl (C=O) groups is 1. The lowest BCUT2D eigenvalue weighted by molar-refractivity contribution is -0.384. The number of nitro groups is 1. The zero-order valence-corrected chi connectivity index (χ0v) is 15.2. The highest BCUT2D eigenvalue weighted by Crippen LogP contribution is 2.29. The van der Waals surface area contributed by atoms with Crippen LogP contribution in [0.15, 0.2) is 48.5 Å². The van der Waals surface area contributed by atoms with Gasteiger partial charge in [-0.05, 0) is 23.1 Å². The third kappa shape index (κ3) is 3.72. The SMILES string of the molecule is CC(C)(C)c1ccc(-c2nc(-c3ccc([N+](=O)[O-])cc3)c(C(=O)O)[nH]2)cc1. The maximum Gasteiger partial charge on any atom is 0.354 e. The third-order valence-corrected chi connectivity index (χ3v) is 4.29. The molecule has 138 valence electrons. The summed E-state index contributed by atoms with van der Waals surface area (Å²) in [5, 5.41) is 20.3. The fraction of sp³-hybridized carbons (Fsp3) is 0.200. The van der Waals surface area contributed by atoms with Crippen molar-refractivity contribution >= 4 is 11.7 Å². The summed E-state index contributed by atoms with van der Waals surface area (Å²) in [4.78, 5) is 29.2. The molecule has 0 aliphatic carbocycles. The van der Waals surface area contributed by atoms with Gasteiger partial charge in [0, 0.05) is 23.3 Å². The number of hydrogen-bond donors (Lipinski definition) is 2. The molecule has 0 saturated heterocycles. The Morgan fingerprint density at radius 1 is 1.04 bits per heavy atom. The van der Waals surface area contributed by atoms with Gasteiger partial charge in [0.2, 0.25) is 0 Å². The van der Waals surface area contributed by atoms with Gasteiger partial charge in [-0.3, -0.25) is 10.1 Å². The number of hydrogen-bond acceptors (Lipinski definition) is 4. The Morgan fingerprint density at radius 3 is 2.07 bits per heavy atom. The van der Waals surface area contributed by atoms with Crippen LogP contribution in [0.5, 0.6) is 0 Å². The van der Waals surface area contributed by atoms with E-state index in [0.717, 1.165) is 11.1 Å². The van der Waals surface area contributed by atoms with Gasteiger partial charge in [-0.1, -0.05) is 45.0 Å². The number of aromatic nitrogens is 2. The summed E-state index contributed by atoms with van der Waals surface area (Å²) in [6.07, 6.45) is 0. The number of aromatic amines is 1. The number of H-pyrrole nitrogens is 1. The van der Waals surface area contributed by atoms with Gasteiger partial charge in [0.25, 0.3) is 5.69 Å². The highest BCUT2D eigenvalue weighted by molar-refractivity contribution is 5.94. The number of aromatic carboxylic acids is 1. The number of carboxylic acids is 1. The van der Waals surface area contributed by atoms with E-state index in [-0.39, 0.29) is 22.5 Å². The second kappa shape index (κ2) is 6.68. The molecule has 0 spiro atoms. The molecule has 1 aromatic heterocycles. The Kier molecular flexibility index (Phi) is 4.53. The number of non-ortho nitro benzene ring substituents is 1. The zero-order chi connectivity index (χ0) is 19.8. The number of carboxylic acid groups (broad SMARTS) is 1. The first-order chi connectivity index (χ1) is 12.7. The van der Waals surface area contributed by atoms with Gasteiger partial charge in [0.15, 0.2) is 5.69 Å². The van der Waals surface area contributed by atoms with Crippen LogP contribution in [0.4, 0.5) is 5.69 Å². The van der Waals surface area contributed by atoms with Crippen LogP contribution in [-0.2, 0) is 5.41 Å². The first-order valence-electron chi connectivity index (χ1n) is 8.36. The molecule has 0 radical (unpaired) electrons. The third-order valence-electron chi connectivity index (χ3n) is 4.29. The second-order valence-corrected chi connectivity index (χ2v) is 7.25. The normalized spacial score (nSPS) is 11.4. The summed E-state index contributed by atoms with van der Waals surface area (Å²) in [6, 6.07) is 13.4. The minimum Gasteiger partial charge on any atom is -0.477 e. The van der Waals surface area contributed by atoms with Crippen molar-refractivity contribution in [3.63, 3.8) is 0 Å². The quantitative estimate of drug-likeness (QED) is 0.517. The Morgan fingerprint density at radius 2 is 1.59 bits per heavy atom. The molecular formula is C20H19N3O4. The molecule has 0 amide bonds. The number of benzene rings is 2. The van der Waals surface area contributed by atoms with Gasteiger partial charge in [-0.15, -0.1) is 0 Å². The molecule has 7 nitrogen and oxygen atoms in total. The molecule has 0 aliphatic heterocycles. The Hall–Kier alpha value is -3.48. The molecular weight excluding hydrogens is 346 g/mol. The van der Waals surface area contributed by atoms with Gasteiger partial charge in [0.05, 0.1) is 4.92 Å². The van der Waals surface area contributed by atoms with Crippen LogP contribution in [0.3, 0.4) is 0 Å². The molecule has 7 heteroatoms. The number of nitrogens with one attached hydrogen (secondary N) is 1. The predicted molar refractivity (Wildman–Crippen MR) is 102 cm³/mol. The molecule has 0 fully saturated rings. The van der Waals surface area contributed by atoms with Crippen LogP contribution >= 0.6 is 0 Å². The maximum absolute atomic E-state index is 11.6. The summed E-state index contributed by atoms with van der Waals surface area (Å²) in [5.74, 6) is -0.713. The van der Waals surface area contributed by atoms with E-state index in [4.69, 9.17) is 0 Å².